The molecule has 306 valence electrons. The highest BCUT2D eigenvalue weighted by Gasteiger charge is 2.54. The fourth-order valence-corrected chi connectivity index (χ4v) is 8.01. The van der Waals surface area contributed by atoms with E-state index in [2.05, 4.69) is 41.8 Å². The summed E-state index contributed by atoms with van der Waals surface area (Å²) in [7, 11) is 0. The molecule has 3 aliphatic heterocycles. The molecular weight excluding hydrogens is 803 g/mol. The molecule has 0 bridgehead atoms. The fraction of sp³-hybridized carbons (Fsp3) is 0.256. The van der Waals surface area contributed by atoms with Crippen molar-refractivity contribution in [1.29, 1.82) is 0 Å². The molecule has 60 heavy (non-hydrogen) atoms. The number of aromatic hydroxyl groups is 2. The zero-order valence-corrected chi connectivity index (χ0v) is 31.8. The number of aromatic amines is 1. The Hall–Kier alpha value is -7.55. The van der Waals surface area contributed by atoms with Crippen molar-refractivity contribution in [3.63, 3.8) is 0 Å². The predicted octanol–water partition coefficient (Wildman–Crippen LogP) is 2.22. The van der Waals surface area contributed by atoms with Crippen molar-refractivity contribution < 1.29 is 53.3 Å². The minimum absolute atomic E-state index is 0.000770. The smallest absolute Gasteiger partial charge is 0.340 e. The number of carbonyl (C=O) groups excluding carboxylic acids is 4. The van der Waals surface area contributed by atoms with Gasteiger partial charge in [0.2, 0.25) is 5.91 Å². The van der Waals surface area contributed by atoms with Crippen molar-refractivity contribution in [2.24, 2.45) is 0 Å². The average Bonchev–Trinajstić information content (AvgIpc) is 3.57. The number of H-pyrrole nitrogens is 1. The van der Waals surface area contributed by atoms with E-state index in [1.165, 1.54) is 47.6 Å². The van der Waals surface area contributed by atoms with E-state index in [4.69, 9.17) is 26.2 Å². The Morgan fingerprint density at radius 2 is 1.70 bits per heavy atom. The second-order valence-corrected chi connectivity index (χ2v) is 15.0. The van der Waals surface area contributed by atoms with Crippen LogP contribution in [0, 0.1) is 0 Å². The summed E-state index contributed by atoms with van der Waals surface area (Å²) < 4.78 is 17.5. The normalized spacial score (nSPS) is 18.6. The number of hydrogen-bond acceptors (Lipinski definition) is 14. The molecule has 1 saturated carbocycles. The minimum Gasteiger partial charge on any atom is -0.508 e. The van der Waals surface area contributed by atoms with Gasteiger partial charge in [0.25, 0.3) is 11.8 Å². The third kappa shape index (κ3) is 6.72. The topological polar surface area (TPSA) is 283 Å². The maximum Gasteiger partial charge on any atom is 0.340 e. The molecule has 1 saturated heterocycles. The van der Waals surface area contributed by atoms with Gasteiger partial charge in [-0.25, -0.2) is 9.59 Å². The van der Waals surface area contributed by atoms with Crippen molar-refractivity contribution in [3.8, 4) is 23.0 Å². The van der Waals surface area contributed by atoms with Gasteiger partial charge >= 0.3 is 11.9 Å². The minimum atomic E-state index is -1.53. The summed E-state index contributed by atoms with van der Waals surface area (Å²) in [5.41, 5.74) is 0.592. The summed E-state index contributed by atoms with van der Waals surface area (Å²) in [5.74, 6) is -3.28. The molecule has 0 unspecified atom stereocenters. The molecule has 0 radical (unpaired) electrons. The lowest BCUT2D eigenvalue weighted by molar-refractivity contribution is -0.142. The number of phenolic OH excluding ortho intramolecular Hbond substituents is 2. The van der Waals surface area contributed by atoms with Crippen molar-refractivity contribution in [2.45, 2.75) is 48.9 Å². The van der Waals surface area contributed by atoms with E-state index >= 15 is 0 Å². The number of ether oxygens (including phenoxy) is 2. The lowest BCUT2D eigenvalue weighted by atomic mass is 9.77. The second-order valence-electron chi connectivity index (χ2n) is 14.6. The molecule has 9 rings (SSSR count). The summed E-state index contributed by atoms with van der Waals surface area (Å²) in [4.78, 5) is 67.7. The first-order valence-corrected chi connectivity index (χ1v) is 19.0. The lowest BCUT2D eigenvalue weighted by Gasteiger charge is -2.36. The maximum absolute atomic E-state index is 13.9. The fourth-order valence-electron chi connectivity index (χ4n) is 7.81. The number of rotatable bonds is 10. The third-order valence-corrected chi connectivity index (χ3v) is 11.0. The number of carboxylic acid groups (broad SMARTS) is 1. The van der Waals surface area contributed by atoms with Crippen LogP contribution in [0.4, 0.5) is 5.69 Å². The first-order chi connectivity index (χ1) is 28.9. The number of amides is 3. The predicted molar refractivity (Wildman–Crippen MR) is 207 cm³/mol. The molecule has 1 aliphatic carbocycles. The number of aliphatic carboxylic acids is 1. The van der Waals surface area contributed by atoms with E-state index in [1.807, 2.05) is 0 Å². The van der Waals surface area contributed by atoms with Crippen LogP contribution in [-0.2, 0) is 19.9 Å². The van der Waals surface area contributed by atoms with Gasteiger partial charge in [-0.3, -0.25) is 14.4 Å². The molecule has 5 heterocycles. The Kier molecular flexibility index (Phi) is 9.30. The van der Waals surface area contributed by atoms with Gasteiger partial charge in [-0.1, -0.05) is 11.2 Å². The summed E-state index contributed by atoms with van der Waals surface area (Å²) in [5, 5.41) is 55.0. The van der Waals surface area contributed by atoms with Crippen molar-refractivity contribution in [2.75, 3.05) is 18.4 Å². The number of esters is 1. The first-order valence-electron chi connectivity index (χ1n) is 18.6. The van der Waals surface area contributed by atoms with Crippen LogP contribution in [0.1, 0.15) is 78.8 Å². The van der Waals surface area contributed by atoms with E-state index in [0.717, 1.165) is 12.8 Å². The average molecular weight is 836 g/mol. The number of carboxylic acids is 1. The Bertz CT molecular complexity index is 2560. The van der Waals surface area contributed by atoms with Gasteiger partial charge < -0.3 is 55.5 Å². The second kappa shape index (κ2) is 14.7. The SMILES string of the molecule is O=C(N[C@@H]1C[C@@H](C(=O)N[C@@H](CNC(=S)Nc2ccc3c(c2)C(=O)OC32c3ccc(O)cc3Oc3cc(O)ccc32)C(=O)O)N(C(=O)c2cnoc2C2CC2)C1)c1cn[nH]n1. The van der Waals surface area contributed by atoms with Crippen LogP contribution in [-0.4, -0.2) is 107 Å². The number of benzene rings is 3. The highest BCUT2D eigenvalue weighted by molar-refractivity contribution is 7.80. The van der Waals surface area contributed by atoms with Gasteiger partial charge in [-0.05, 0) is 67.9 Å². The van der Waals surface area contributed by atoms with Gasteiger partial charge in [0, 0.05) is 59.6 Å². The zero-order chi connectivity index (χ0) is 41.9. The molecule has 8 N–H and O–H groups in total. The number of carbonyl (C=O) groups is 5. The third-order valence-electron chi connectivity index (χ3n) is 10.7. The molecule has 2 aromatic heterocycles. The molecule has 3 amide bonds. The maximum atomic E-state index is 13.9. The molecule has 1 spiro atoms. The van der Waals surface area contributed by atoms with E-state index in [1.54, 1.807) is 24.3 Å². The Balaban J connectivity index is 0.893. The Morgan fingerprint density at radius 3 is 2.37 bits per heavy atom. The molecular formula is C39H33N9O11S. The number of thiocarbonyl (C=S) groups is 1. The van der Waals surface area contributed by atoms with Crippen LogP contribution >= 0.6 is 12.2 Å². The standard InChI is InChI=1S/C39H33N9O11S/c49-20-4-7-25-30(11-20)57-31-12-21(50)5-8-26(31)39(25)24-6-3-18(9-22(24)37(56)58-39)44-38(60)40-14-28(36(54)55)45-34(52)29-10-19(43-33(51)27-15-41-47-46-27)16-48(29)35(53)23-13-42-59-32(23)17-1-2-17/h3-9,11-13,15,17,19,28-29,49-50H,1-2,10,14,16H2,(H,43,51)(H,45,52)(H,54,55)(H2,40,44,60)(H,41,46,47)/t19-,28+,29+/m1/s1. The number of nitrogens with one attached hydrogen (secondary N) is 5. The van der Waals surface area contributed by atoms with Crippen LogP contribution in [0.15, 0.2) is 71.5 Å². The number of nitrogens with zero attached hydrogens (tertiary/aromatic N) is 4. The van der Waals surface area contributed by atoms with Crippen LogP contribution in [0.2, 0.25) is 0 Å². The molecule has 20 nitrogen and oxygen atoms in total. The van der Waals surface area contributed by atoms with Gasteiger partial charge in [0.05, 0.1) is 18.0 Å². The number of fused-ring (bicyclic) bond motifs is 6. The molecule has 2 fully saturated rings. The largest absolute Gasteiger partial charge is 0.508 e. The van der Waals surface area contributed by atoms with Crippen LogP contribution in [0.25, 0.3) is 0 Å². The monoisotopic (exact) mass is 835 g/mol. The van der Waals surface area contributed by atoms with Crippen LogP contribution < -0.4 is 26.0 Å². The number of anilines is 1. The number of hydrogen-bond donors (Lipinski definition) is 8. The molecule has 21 heteroatoms. The first kappa shape index (κ1) is 38.0. The van der Waals surface area contributed by atoms with E-state index in [0.29, 0.717) is 28.1 Å². The van der Waals surface area contributed by atoms with Gasteiger partial charge in [0.1, 0.15) is 40.6 Å². The van der Waals surface area contributed by atoms with E-state index in [9.17, 15) is 39.3 Å². The van der Waals surface area contributed by atoms with Crippen molar-refractivity contribution in [3.05, 3.63) is 106 Å². The van der Waals surface area contributed by atoms with Gasteiger partial charge in [-0.2, -0.15) is 15.4 Å². The number of phenols is 2. The van der Waals surface area contributed by atoms with Gasteiger partial charge in [0.15, 0.2) is 22.2 Å². The molecule has 3 atom stereocenters. The van der Waals surface area contributed by atoms with E-state index < -0.39 is 53.4 Å². The van der Waals surface area contributed by atoms with Crippen LogP contribution in [0.3, 0.4) is 0 Å². The van der Waals surface area contributed by atoms with E-state index in [-0.39, 0.29) is 70.4 Å². The lowest BCUT2D eigenvalue weighted by Crippen LogP contribution is -2.54. The molecule has 3 aromatic carbocycles. The van der Waals surface area contributed by atoms with Crippen LogP contribution in [0.5, 0.6) is 23.0 Å². The number of likely N-dealkylation sites (tertiary alicyclic amines) is 1. The van der Waals surface area contributed by atoms with Crippen molar-refractivity contribution in [1.82, 2.24) is 41.4 Å². The highest BCUT2D eigenvalue weighted by Crippen LogP contribution is 2.57. The highest BCUT2D eigenvalue weighted by atomic mass is 32.1. The zero-order valence-electron chi connectivity index (χ0n) is 31.0. The Labute approximate surface area is 343 Å². The summed E-state index contributed by atoms with van der Waals surface area (Å²) in [6.07, 6.45) is 4.11. The van der Waals surface area contributed by atoms with Gasteiger partial charge in [-0.15, -0.1) is 0 Å². The Morgan fingerprint density at radius 1 is 0.983 bits per heavy atom. The summed E-state index contributed by atoms with van der Waals surface area (Å²) >= 11 is 5.46. The summed E-state index contributed by atoms with van der Waals surface area (Å²) in [6, 6.07) is 10.2. The summed E-state index contributed by atoms with van der Waals surface area (Å²) in [6.45, 7) is -0.462. The quantitative estimate of drug-likeness (QED) is 0.0739. The number of aromatic nitrogens is 4. The molecule has 4 aliphatic rings. The molecule has 5 aromatic rings. The van der Waals surface area contributed by atoms with Crippen molar-refractivity contribution >= 4 is 52.7 Å².